The number of ether oxygens (including phenoxy) is 1. The lowest BCUT2D eigenvalue weighted by atomic mass is 10.1. The summed E-state index contributed by atoms with van der Waals surface area (Å²) < 4.78 is 10.1. The summed E-state index contributed by atoms with van der Waals surface area (Å²) in [6.45, 7) is 3.41. The topological polar surface area (TPSA) is 68.5 Å². The molecule has 0 fully saturated rings. The molecule has 0 aliphatic carbocycles. The van der Waals surface area contributed by atoms with Crippen LogP contribution < -0.4 is 5.32 Å². The number of rotatable bonds is 6. The van der Waals surface area contributed by atoms with Gasteiger partial charge >= 0.3 is 5.97 Å². The van der Waals surface area contributed by atoms with Gasteiger partial charge in [-0.2, -0.15) is 0 Å². The molecule has 0 bridgehead atoms. The second-order valence-electron chi connectivity index (χ2n) is 5.10. The van der Waals surface area contributed by atoms with Gasteiger partial charge in [-0.3, -0.25) is 4.79 Å². The summed E-state index contributed by atoms with van der Waals surface area (Å²) in [5.74, 6) is -0.301. The van der Waals surface area contributed by atoms with Crippen molar-refractivity contribution in [3.05, 3.63) is 65.6 Å². The van der Waals surface area contributed by atoms with Crippen molar-refractivity contribution in [1.29, 1.82) is 0 Å². The van der Waals surface area contributed by atoms with Gasteiger partial charge in [-0.15, -0.1) is 0 Å². The summed E-state index contributed by atoms with van der Waals surface area (Å²) >= 11 is 0. The molecule has 2 rings (SSSR count). The van der Waals surface area contributed by atoms with Gasteiger partial charge in [0.05, 0.1) is 12.3 Å². The molecule has 0 spiro atoms. The van der Waals surface area contributed by atoms with E-state index in [0.29, 0.717) is 5.76 Å². The highest BCUT2D eigenvalue weighted by Crippen LogP contribution is 2.12. The Morgan fingerprint density at radius 2 is 2.04 bits per heavy atom. The first-order valence-electron chi connectivity index (χ1n) is 7.29. The van der Waals surface area contributed by atoms with Gasteiger partial charge < -0.3 is 14.5 Å². The van der Waals surface area contributed by atoms with Gasteiger partial charge in [0.15, 0.2) is 6.61 Å². The van der Waals surface area contributed by atoms with Crippen LogP contribution in [0.3, 0.4) is 0 Å². The maximum absolute atomic E-state index is 11.7. The Labute approximate surface area is 134 Å². The molecular weight excluding hydrogens is 294 g/mol. The van der Waals surface area contributed by atoms with Gasteiger partial charge in [0.25, 0.3) is 5.91 Å². The van der Waals surface area contributed by atoms with Crippen molar-refractivity contribution in [2.24, 2.45) is 0 Å². The van der Waals surface area contributed by atoms with Crippen LogP contribution in [0.1, 0.15) is 29.9 Å². The van der Waals surface area contributed by atoms with E-state index in [4.69, 9.17) is 9.15 Å². The molecule has 1 heterocycles. The van der Waals surface area contributed by atoms with E-state index >= 15 is 0 Å². The van der Waals surface area contributed by atoms with Crippen molar-refractivity contribution in [1.82, 2.24) is 5.32 Å². The first-order chi connectivity index (χ1) is 11.1. The number of furan rings is 1. The number of amides is 1. The molecule has 0 saturated carbocycles. The summed E-state index contributed by atoms with van der Waals surface area (Å²) in [7, 11) is 0. The van der Waals surface area contributed by atoms with E-state index in [1.165, 1.54) is 12.3 Å². The molecule has 0 saturated heterocycles. The van der Waals surface area contributed by atoms with Gasteiger partial charge in [0.2, 0.25) is 0 Å². The predicted molar refractivity (Wildman–Crippen MR) is 86.4 cm³/mol. The molecule has 0 aliphatic heterocycles. The number of hydrogen-bond donors (Lipinski definition) is 1. The van der Waals surface area contributed by atoms with Gasteiger partial charge in [-0.25, -0.2) is 4.79 Å². The van der Waals surface area contributed by atoms with Crippen LogP contribution in [-0.2, 0) is 14.3 Å². The van der Waals surface area contributed by atoms with E-state index in [1.807, 2.05) is 31.2 Å². The van der Waals surface area contributed by atoms with E-state index in [1.54, 1.807) is 25.1 Å². The zero-order chi connectivity index (χ0) is 16.7. The predicted octanol–water partition coefficient (Wildman–Crippen LogP) is 3.02. The highest BCUT2D eigenvalue weighted by atomic mass is 16.5. The second kappa shape index (κ2) is 7.98. The fourth-order valence-electron chi connectivity index (χ4n) is 2.01. The highest BCUT2D eigenvalue weighted by Gasteiger charge is 2.12. The van der Waals surface area contributed by atoms with Gasteiger partial charge in [-0.05, 0) is 43.2 Å². The van der Waals surface area contributed by atoms with Gasteiger partial charge in [0, 0.05) is 6.08 Å². The van der Waals surface area contributed by atoms with E-state index in [2.05, 4.69) is 5.32 Å². The minimum absolute atomic E-state index is 0.279. The zero-order valence-electron chi connectivity index (χ0n) is 13.1. The molecule has 2 aromatic rings. The molecule has 120 valence electrons. The molecule has 1 atom stereocenters. The molecule has 0 radical (unpaired) electrons. The molecular formula is C18H19NO4. The van der Waals surface area contributed by atoms with Crippen molar-refractivity contribution in [2.45, 2.75) is 19.9 Å². The van der Waals surface area contributed by atoms with E-state index in [0.717, 1.165) is 11.1 Å². The minimum Gasteiger partial charge on any atom is -0.467 e. The largest absolute Gasteiger partial charge is 0.467 e. The molecule has 5 heteroatoms. The third kappa shape index (κ3) is 5.14. The molecule has 1 N–H and O–H groups in total. The van der Waals surface area contributed by atoms with Crippen LogP contribution in [-0.4, -0.2) is 18.5 Å². The van der Waals surface area contributed by atoms with Crippen LogP contribution in [0.4, 0.5) is 0 Å². The quantitative estimate of drug-likeness (QED) is 0.657. The smallest absolute Gasteiger partial charge is 0.331 e. The third-order valence-corrected chi connectivity index (χ3v) is 3.28. The Balaban J connectivity index is 1.78. The minimum atomic E-state index is -0.561. The molecule has 5 nitrogen and oxygen atoms in total. The first-order valence-corrected chi connectivity index (χ1v) is 7.29. The van der Waals surface area contributed by atoms with Crippen molar-refractivity contribution in [2.75, 3.05) is 6.61 Å². The number of aryl methyl sites for hydroxylation is 1. The number of hydrogen-bond acceptors (Lipinski definition) is 4. The SMILES string of the molecule is Cc1ccccc1/C=C/C(=O)OCC(=O)N[C@H](C)c1ccco1. The number of nitrogens with one attached hydrogen (secondary N) is 1. The van der Waals surface area contributed by atoms with Crippen LogP contribution in [0, 0.1) is 6.92 Å². The fraction of sp³-hybridized carbons (Fsp3) is 0.222. The summed E-state index contributed by atoms with van der Waals surface area (Å²) in [5, 5.41) is 2.69. The third-order valence-electron chi connectivity index (χ3n) is 3.28. The number of benzene rings is 1. The van der Waals surface area contributed by atoms with E-state index in [9.17, 15) is 9.59 Å². The zero-order valence-corrected chi connectivity index (χ0v) is 13.1. The monoisotopic (exact) mass is 313 g/mol. The molecule has 1 amide bonds. The normalized spacial score (nSPS) is 12.1. The summed E-state index contributed by atoms with van der Waals surface area (Å²) in [4.78, 5) is 23.4. The Bertz CT molecular complexity index is 689. The summed E-state index contributed by atoms with van der Waals surface area (Å²) in [6.07, 6.45) is 4.51. The van der Waals surface area contributed by atoms with Crippen LogP contribution in [0.5, 0.6) is 0 Å². The van der Waals surface area contributed by atoms with Crippen LogP contribution in [0.25, 0.3) is 6.08 Å². The van der Waals surface area contributed by atoms with Crippen molar-refractivity contribution >= 4 is 18.0 Å². The standard InChI is InChI=1S/C18H19NO4/c1-13-6-3-4-7-15(13)9-10-18(21)23-12-17(20)19-14(2)16-8-5-11-22-16/h3-11,14H,12H2,1-2H3,(H,19,20)/b10-9+/t14-/m1/s1. The number of carbonyl (C=O) groups excluding carboxylic acids is 2. The maximum Gasteiger partial charge on any atom is 0.331 e. The first kappa shape index (κ1) is 16.5. The Hall–Kier alpha value is -2.82. The second-order valence-corrected chi connectivity index (χ2v) is 5.10. The number of carbonyl (C=O) groups is 2. The van der Waals surface area contributed by atoms with Crippen LogP contribution in [0.15, 0.2) is 53.2 Å². The Morgan fingerprint density at radius 3 is 2.74 bits per heavy atom. The van der Waals surface area contributed by atoms with E-state index < -0.39 is 5.97 Å². The summed E-state index contributed by atoms with van der Waals surface area (Å²) in [6, 6.07) is 10.9. The lowest BCUT2D eigenvalue weighted by Gasteiger charge is -2.11. The van der Waals surface area contributed by atoms with Crippen molar-refractivity contribution in [3.63, 3.8) is 0 Å². The average molecular weight is 313 g/mol. The van der Waals surface area contributed by atoms with Crippen molar-refractivity contribution in [3.8, 4) is 0 Å². The van der Waals surface area contributed by atoms with Gasteiger partial charge in [0.1, 0.15) is 5.76 Å². The summed E-state index contributed by atoms with van der Waals surface area (Å²) in [5.41, 5.74) is 1.99. The lowest BCUT2D eigenvalue weighted by Crippen LogP contribution is -2.30. The average Bonchev–Trinajstić information content (AvgIpc) is 3.06. The lowest BCUT2D eigenvalue weighted by molar-refractivity contribution is -0.144. The molecule has 23 heavy (non-hydrogen) atoms. The molecule has 1 aromatic heterocycles. The van der Waals surface area contributed by atoms with Gasteiger partial charge in [-0.1, -0.05) is 24.3 Å². The Kier molecular flexibility index (Phi) is 5.74. The maximum atomic E-state index is 11.7. The highest BCUT2D eigenvalue weighted by molar-refractivity contribution is 5.89. The van der Waals surface area contributed by atoms with E-state index in [-0.39, 0.29) is 18.6 Å². The Morgan fingerprint density at radius 1 is 1.26 bits per heavy atom. The fourth-order valence-corrected chi connectivity index (χ4v) is 2.01. The molecule has 0 aliphatic rings. The van der Waals surface area contributed by atoms with Crippen LogP contribution in [0.2, 0.25) is 0 Å². The molecule has 0 unspecified atom stereocenters. The van der Waals surface area contributed by atoms with Crippen LogP contribution >= 0.6 is 0 Å². The van der Waals surface area contributed by atoms with Crippen molar-refractivity contribution < 1.29 is 18.7 Å². The molecule has 1 aromatic carbocycles. The number of esters is 1.